The van der Waals surface area contributed by atoms with Crippen molar-refractivity contribution in [1.29, 1.82) is 0 Å². The molecule has 0 radical (unpaired) electrons. The lowest BCUT2D eigenvalue weighted by Crippen LogP contribution is -2.45. The average molecular weight is 639 g/mol. The number of hydrogen-bond acceptors (Lipinski definition) is 6. The molecule has 4 amide bonds. The van der Waals surface area contributed by atoms with Crippen LogP contribution in [-0.4, -0.2) is 33.8 Å². The summed E-state index contributed by atoms with van der Waals surface area (Å²) in [5, 5.41) is 20.7. The van der Waals surface area contributed by atoms with Crippen molar-refractivity contribution in [3.63, 3.8) is 0 Å². The minimum absolute atomic E-state index is 0.137. The van der Waals surface area contributed by atoms with Gasteiger partial charge in [0, 0.05) is 11.8 Å². The Hall–Kier alpha value is -4.08. The van der Waals surface area contributed by atoms with Crippen molar-refractivity contribution in [2.75, 3.05) is 0 Å². The molecule has 0 saturated carbocycles. The van der Waals surface area contributed by atoms with E-state index in [-0.39, 0.29) is 28.5 Å². The van der Waals surface area contributed by atoms with Crippen LogP contribution in [0, 0.1) is 11.8 Å². The quantitative estimate of drug-likeness (QED) is 0.0773. The summed E-state index contributed by atoms with van der Waals surface area (Å²) >= 11 is 0. The largest absolute Gasteiger partial charge is 0.507 e. The number of phenols is 2. The fourth-order valence-electron chi connectivity index (χ4n) is 5.46. The van der Waals surface area contributed by atoms with Gasteiger partial charge in [-0.15, -0.1) is 0 Å². The van der Waals surface area contributed by atoms with Crippen molar-refractivity contribution in [2.45, 2.75) is 118 Å². The summed E-state index contributed by atoms with van der Waals surface area (Å²) < 4.78 is 0. The van der Waals surface area contributed by atoms with Crippen LogP contribution in [0.3, 0.4) is 0 Å². The van der Waals surface area contributed by atoms with E-state index in [0.717, 1.165) is 68.9 Å². The van der Waals surface area contributed by atoms with Crippen LogP contribution in [0.25, 0.3) is 0 Å². The molecule has 2 aromatic rings. The Labute approximate surface area is 274 Å². The van der Waals surface area contributed by atoms with Gasteiger partial charge in [-0.05, 0) is 68.2 Å². The number of carbonyl (C=O) groups is 4. The summed E-state index contributed by atoms with van der Waals surface area (Å²) in [6.45, 7) is 7.98. The molecule has 6 N–H and O–H groups in total. The first kappa shape index (κ1) is 38.1. The number of benzene rings is 2. The molecule has 254 valence electrons. The third kappa shape index (κ3) is 12.4. The van der Waals surface area contributed by atoms with Gasteiger partial charge in [0.1, 0.15) is 11.5 Å². The zero-order valence-corrected chi connectivity index (χ0v) is 28.0. The molecule has 0 heterocycles. The van der Waals surface area contributed by atoms with Crippen molar-refractivity contribution >= 4 is 23.6 Å². The van der Waals surface area contributed by atoms with Gasteiger partial charge in [0.15, 0.2) is 0 Å². The number of unbranched alkanes of at least 4 members (excludes halogenated alkanes) is 6. The Morgan fingerprint density at radius 3 is 1.52 bits per heavy atom. The van der Waals surface area contributed by atoms with Crippen LogP contribution in [0.2, 0.25) is 0 Å². The van der Waals surface area contributed by atoms with Gasteiger partial charge in [0.05, 0.1) is 11.1 Å². The van der Waals surface area contributed by atoms with Crippen LogP contribution in [0.15, 0.2) is 36.4 Å². The Balaban J connectivity index is 1.97. The molecule has 2 rings (SSSR count). The van der Waals surface area contributed by atoms with Crippen molar-refractivity contribution in [2.24, 2.45) is 11.8 Å². The molecule has 10 nitrogen and oxygen atoms in total. The average Bonchev–Trinajstić information content (AvgIpc) is 3.04. The summed E-state index contributed by atoms with van der Waals surface area (Å²) in [7, 11) is 0. The number of aromatic hydroxyl groups is 2. The highest BCUT2D eigenvalue weighted by molar-refractivity contribution is 6.00. The van der Waals surface area contributed by atoms with Crippen LogP contribution in [0.4, 0.5) is 0 Å². The van der Waals surface area contributed by atoms with E-state index < -0.39 is 29.6 Å². The number of amides is 4. The molecular formula is C36H54N4O6. The zero-order valence-electron chi connectivity index (χ0n) is 28.0. The van der Waals surface area contributed by atoms with E-state index >= 15 is 0 Å². The summed E-state index contributed by atoms with van der Waals surface area (Å²) in [5.41, 5.74) is 11.7. The summed E-state index contributed by atoms with van der Waals surface area (Å²) in [4.78, 5) is 52.0. The molecule has 0 saturated heterocycles. The highest BCUT2D eigenvalue weighted by Crippen LogP contribution is 2.24. The third-order valence-corrected chi connectivity index (χ3v) is 8.33. The minimum Gasteiger partial charge on any atom is -0.507 e. The first-order valence-electron chi connectivity index (χ1n) is 17.0. The SMILES string of the molecule is CCCCCc1cccc(O)c1C(=O)NNC(=O)C(C)CCC(CCCCC)C(=O)NNC(=O)c1c(O)cccc1CCCCC. The lowest BCUT2D eigenvalue weighted by atomic mass is 9.91. The van der Waals surface area contributed by atoms with Gasteiger partial charge in [-0.1, -0.05) is 96.9 Å². The maximum atomic E-state index is 13.2. The second-order valence-electron chi connectivity index (χ2n) is 12.1. The Kier molecular flexibility index (Phi) is 17.3. The number of nitrogens with one attached hydrogen (secondary N) is 4. The summed E-state index contributed by atoms with van der Waals surface area (Å²) in [5.74, 6) is -3.17. The molecule has 10 heteroatoms. The van der Waals surface area contributed by atoms with E-state index in [9.17, 15) is 29.4 Å². The number of phenolic OH excluding ortho intramolecular Hbond substituents is 2. The van der Waals surface area contributed by atoms with E-state index in [0.29, 0.717) is 32.1 Å². The number of carbonyl (C=O) groups excluding carboxylic acids is 4. The van der Waals surface area contributed by atoms with Gasteiger partial charge < -0.3 is 10.2 Å². The van der Waals surface area contributed by atoms with Gasteiger partial charge >= 0.3 is 0 Å². The van der Waals surface area contributed by atoms with Gasteiger partial charge in [-0.2, -0.15) is 0 Å². The first-order valence-corrected chi connectivity index (χ1v) is 17.0. The van der Waals surface area contributed by atoms with Crippen LogP contribution in [0.5, 0.6) is 11.5 Å². The van der Waals surface area contributed by atoms with E-state index in [1.165, 1.54) is 12.1 Å². The summed E-state index contributed by atoms with van der Waals surface area (Å²) in [6.07, 6.45) is 11.2. The van der Waals surface area contributed by atoms with Crippen molar-refractivity contribution in [3.05, 3.63) is 58.7 Å². The van der Waals surface area contributed by atoms with Crippen LogP contribution >= 0.6 is 0 Å². The Bertz CT molecular complexity index is 1280. The van der Waals surface area contributed by atoms with E-state index in [2.05, 4.69) is 42.5 Å². The molecule has 2 unspecified atom stereocenters. The lowest BCUT2D eigenvalue weighted by molar-refractivity contribution is -0.128. The number of hydrazine groups is 2. The Morgan fingerprint density at radius 2 is 1.04 bits per heavy atom. The molecule has 0 aliphatic carbocycles. The van der Waals surface area contributed by atoms with E-state index in [4.69, 9.17) is 0 Å². The van der Waals surface area contributed by atoms with Gasteiger partial charge in [-0.25, -0.2) is 0 Å². The zero-order chi connectivity index (χ0) is 33.9. The fourth-order valence-corrected chi connectivity index (χ4v) is 5.46. The fraction of sp³-hybridized carbons (Fsp3) is 0.556. The monoisotopic (exact) mass is 638 g/mol. The standard InChI is InChI=1S/C36H54N4O6/c1-5-8-11-16-26-19-14-21-29(41)31(26)35(45)39-37-33(43)25(4)23-24-28(18-13-10-7-3)34(44)38-40-36(46)32-27(17-12-9-6-2)20-15-22-30(32)42/h14-15,19-22,25,28,41-42H,5-13,16-18,23-24H2,1-4H3,(H,37,43)(H,38,44)(H,39,45)(H,40,46). The molecule has 2 atom stereocenters. The van der Waals surface area contributed by atoms with Gasteiger partial charge in [0.2, 0.25) is 11.8 Å². The van der Waals surface area contributed by atoms with Crippen LogP contribution < -0.4 is 21.7 Å². The number of rotatable bonds is 19. The smallest absolute Gasteiger partial charge is 0.273 e. The van der Waals surface area contributed by atoms with Crippen molar-refractivity contribution in [3.8, 4) is 11.5 Å². The number of aryl methyl sites for hydroxylation is 2. The first-order chi connectivity index (χ1) is 22.1. The molecule has 0 aliphatic rings. The molecule has 0 fully saturated rings. The topological polar surface area (TPSA) is 157 Å². The number of hydrogen-bond donors (Lipinski definition) is 6. The maximum absolute atomic E-state index is 13.2. The second kappa shape index (κ2) is 20.9. The van der Waals surface area contributed by atoms with Crippen LogP contribution in [0.1, 0.15) is 137 Å². The predicted octanol–water partition coefficient (Wildman–Crippen LogP) is 6.40. The predicted molar refractivity (Wildman–Crippen MR) is 180 cm³/mol. The molecular weight excluding hydrogens is 584 g/mol. The molecule has 2 aromatic carbocycles. The van der Waals surface area contributed by atoms with Gasteiger partial charge in [0.25, 0.3) is 11.8 Å². The molecule has 0 spiro atoms. The second-order valence-corrected chi connectivity index (χ2v) is 12.1. The molecule has 0 bridgehead atoms. The van der Waals surface area contributed by atoms with E-state index in [1.807, 2.05) is 6.07 Å². The normalized spacial score (nSPS) is 12.2. The van der Waals surface area contributed by atoms with Crippen LogP contribution in [-0.2, 0) is 22.4 Å². The maximum Gasteiger partial charge on any atom is 0.273 e. The summed E-state index contributed by atoms with van der Waals surface area (Å²) in [6, 6.07) is 9.92. The lowest BCUT2D eigenvalue weighted by Gasteiger charge is -2.20. The Morgan fingerprint density at radius 1 is 0.587 bits per heavy atom. The highest BCUT2D eigenvalue weighted by Gasteiger charge is 2.24. The molecule has 46 heavy (non-hydrogen) atoms. The van der Waals surface area contributed by atoms with Crippen molar-refractivity contribution in [1.82, 2.24) is 21.7 Å². The molecule has 0 aromatic heterocycles. The minimum atomic E-state index is -0.587. The highest BCUT2D eigenvalue weighted by atomic mass is 16.3. The molecule has 0 aliphatic heterocycles. The van der Waals surface area contributed by atoms with Crippen molar-refractivity contribution < 1.29 is 29.4 Å². The third-order valence-electron chi connectivity index (χ3n) is 8.33. The van der Waals surface area contributed by atoms with E-state index in [1.54, 1.807) is 25.1 Å². The van der Waals surface area contributed by atoms with Gasteiger partial charge in [-0.3, -0.25) is 40.9 Å².